The molecule has 2 aromatic rings. The summed E-state index contributed by atoms with van der Waals surface area (Å²) in [6.07, 6.45) is 0. The van der Waals surface area contributed by atoms with Gasteiger partial charge in [0.25, 0.3) is 5.69 Å². The van der Waals surface area contributed by atoms with E-state index in [0.717, 1.165) is 6.07 Å². The zero-order chi connectivity index (χ0) is 15.6. The Bertz CT molecular complexity index is 731. The van der Waals surface area contributed by atoms with Gasteiger partial charge in [0.15, 0.2) is 0 Å². The molecule has 0 aliphatic rings. The SMILES string of the molecule is Cc1cc(Cl)ccc1OC(=O)c1ccc([N+](=O)[O-])cc1Cl. The average Bonchev–Trinajstić information content (AvgIpc) is 2.41. The highest BCUT2D eigenvalue weighted by atomic mass is 35.5. The van der Waals surface area contributed by atoms with Gasteiger partial charge in [-0.1, -0.05) is 23.2 Å². The second-order valence-electron chi connectivity index (χ2n) is 4.22. The average molecular weight is 326 g/mol. The quantitative estimate of drug-likeness (QED) is 0.362. The number of benzene rings is 2. The van der Waals surface area contributed by atoms with E-state index in [9.17, 15) is 14.9 Å². The van der Waals surface area contributed by atoms with Crippen LogP contribution in [0.3, 0.4) is 0 Å². The number of rotatable bonds is 3. The Balaban J connectivity index is 2.26. The topological polar surface area (TPSA) is 69.4 Å². The number of nitrogens with zero attached hydrogens (tertiary/aromatic N) is 1. The molecule has 0 aliphatic heterocycles. The number of esters is 1. The van der Waals surface area contributed by atoms with Crippen molar-refractivity contribution >= 4 is 34.9 Å². The van der Waals surface area contributed by atoms with E-state index in [1.807, 2.05) is 0 Å². The molecule has 0 heterocycles. The fourth-order valence-corrected chi connectivity index (χ4v) is 2.14. The molecule has 0 bridgehead atoms. The van der Waals surface area contributed by atoms with Crippen LogP contribution in [0.25, 0.3) is 0 Å². The van der Waals surface area contributed by atoms with E-state index in [0.29, 0.717) is 16.3 Å². The van der Waals surface area contributed by atoms with Gasteiger partial charge in [0.2, 0.25) is 0 Å². The molecule has 0 saturated heterocycles. The van der Waals surface area contributed by atoms with E-state index in [2.05, 4.69) is 0 Å². The van der Waals surface area contributed by atoms with Crippen molar-refractivity contribution in [3.05, 3.63) is 67.7 Å². The Labute approximate surface area is 130 Å². The summed E-state index contributed by atoms with van der Waals surface area (Å²) in [5.74, 6) is -0.348. The summed E-state index contributed by atoms with van der Waals surface area (Å²) in [5, 5.41) is 11.1. The summed E-state index contributed by atoms with van der Waals surface area (Å²) >= 11 is 11.7. The summed E-state index contributed by atoms with van der Waals surface area (Å²) in [6.45, 7) is 1.74. The first-order chi connectivity index (χ1) is 9.88. The Hall–Kier alpha value is -2.11. The van der Waals surface area contributed by atoms with E-state index < -0.39 is 10.9 Å². The Morgan fingerprint density at radius 2 is 1.90 bits per heavy atom. The fraction of sp³-hybridized carbons (Fsp3) is 0.0714. The lowest BCUT2D eigenvalue weighted by Crippen LogP contribution is -2.10. The molecular formula is C14H9Cl2NO4. The number of nitro benzene ring substituents is 1. The van der Waals surface area contributed by atoms with E-state index in [-0.39, 0.29) is 16.3 Å². The number of ether oxygens (including phenoxy) is 1. The van der Waals surface area contributed by atoms with Crippen molar-refractivity contribution in [2.45, 2.75) is 6.92 Å². The van der Waals surface area contributed by atoms with E-state index in [4.69, 9.17) is 27.9 Å². The minimum Gasteiger partial charge on any atom is -0.423 e. The largest absolute Gasteiger partial charge is 0.423 e. The van der Waals surface area contributed by atoms with Gasteiger partial charge >= 0.3 is 5.97 Å². The number of carbonyl (C=O) groups excluding carboxylic acids is 1. The number of non-ortho nitro benzene ring substituents is 1. The van der Waals surface area contributed by atoms with Gasteiger partial charge in [-0.2, -0.15) is 0 Å². The third-order valence-corrected chi connectivity index (χ3v) is 3.27. The van der Waals surface area contributed by atoms with Crippen LogP contribution in [0.15, 0.2) is 36.4 Å². The van der Waals surface area contributed by atoms with E-state index in [1.54, 1.807) is 25.1 Å². The second-order valence-corrected chi connectivity index (χ2v) is 5.06. The third kappa shape index (κ3) is 3.51. The molecule has 0 amide bonds. The van der Waals surface area contributed by atoms with Crippen LogP contribution < -0.4 is 4.74 Å². The monoisotopic (exact) mass is 325 g/mol. The Kier molecular flexibility index (Phi) is 4.45. The van der Waals surface area contributed by atoms with Gasteiger partial charge < -0.3 is 4.74 Å². The highest BCUT2D eigenvalue weighted by Crippen LogP contribution is 2.26. The third-order valence-electron chi connectivity index (χ3n) is 2.72. The maximum atomic E-state index is 12.0. The van der Waals surface area contributed by atoms with E-state index in [1.165, 1.54) is 12.1 Å². The minimum atomic E-state index is -0.694. The van der Waals surface area contributed by atoms with Gasteiger partial charge in [-0.25, -0.2) is 4.79 Å². The van der Waals surface area contributed by atoms with Crippen LogP contribution in [0.4, 0.5) is 5.69 Å². The van der Waals surface area contributed by atoms with Crippen LogP contribution in [0.1, 0.15) is 15.9 Å². The molecule has 21 heavy (non-hydrogen) atoms. The van der Waals surface area contributed by atoms with Gasteiger partial charge in [-0.05, 0) is 36.8 Å². The van der Waals surface area contributed by atoms with Crippen molar-refractivity contribution in [2.75, 3.05) is 0 Å². The molecule has 0 radical (unpaired) electrons. The molecule has 5 nitrogen and oxygen atoms in total. The maximum absolute atomic E-state index is 12.0. The maximum Gasteiger partial charge on any atom is 0.345 e. The van der Waals surface area contributed by atoms with Gasteiger partial charge in [0.05, 0.1) is 15.5 Å². The Morgan fingerprint density at radius 1 is 1.19 bits per heavy atom. The first-order valence-corrected chi connectivity index (χ1v) is 6.56. The first-order valence-electron chi connectivity index (χ1n) is 5.81. The summed E-state index contributed by atoms with van der Waals surface area (Å²) < 4.78 is 5.22. The molecule has 0 spiro atoms. The predicted octanol–water partition coefficient (Wildman–Crippen LogP) is 4.43. The molecule has 2 aromatic carbocycles. The smallest absolute Gasteiger partial charge is 0.345 e. The number of carbonyl (C=O) groups is 1. The number of halogens is 2. The molecular weight excluding hydrogens is 317 g/mol. The molecule has 7 heteroatoms. The lowest BCUT2D eigenvalue weighted by Gasteiger charge is -2.08. The van der Waals surface area contributed by atoms with Crippen molar-refractivity contribution in [2.24, 2.45) is 0 Å². The van der Waals surface area contributed by atoms with Crippen LogP contribution in [-0.4, -0.2) is 10.9 Å². The zero-order valence-corrected chi connectivity index (χ0v) is 12.3. The molecule has 108 valence electrons. The van der Waals surface area contributed by atoms with Gasteiger partial charge in [0, 0.05) is 17.2 Å². The minimum absolute atomic E-state index is 0.0409. The lowest BCUT2D eigenvalue weighted by molar-refractivity contribution is -0.384. The van der Waals surface area contributed by atoms with Crippen LogP contribution in [0.2, 0.25) is 10.0 Å². The number of hydrogen-bond acceptors (Lipinski definition) is 4. The highest BCUT2D eigenvalue weighted by Gasteiger charge is 2.17. The summed E-state index contributed by atoms with van der Waals surface area (Å²) in [7, 11) is 0. The van der Waals surface area contributed by atoms with E-state index >= 15 is 0 Å². The first kappa shape index (κ1) is 15.3. The predicted molar refractivity (Wildman–Crippen MR) is 79.3 cm³/mol. The highest BCUT2D eigenvalue weighted by molar-refractivity contribution is 6.33. The van der Waals surface area contributed by atoms with Crippen molar-refractivity contribution in [3.8, 4) is 5.75 Å². The lowest BCUT2D eigenvalue weighted by atomic mass is 10.2. The molecule has 0 unspecified atom stereocenters. The van der Waals surface area contributed by atoms with Crippen molar-refractivity contribution in [1.82, 2.24) is 0 Å². The summed E-state index contributed by atoms with van der Waals surface area (Å²) in [6, 6.07) is 8.36. The Morgan fingerprint density at radius 3 is 2.48 bits per heavy atom. The van der Waals surface area contributed by atoms with Crippen LogP contribution in [0.5, 0.6) is 5.75 Å². The van der Waals surface area contributed by atoms with Crippen LogP contribution >= 0.6 is 23.2 Å². The van der Waals surface area contributed by atoms with Crippen LogP contribution in [-0.2, 0) is 0 Å². The standard InChI is InChI=1S/C14H9Cl2NO4/c1-8-6-9(15)2-5-13(8)21-14(18)11-4-3-10(17(19)20)7-12(11)16/h2-7H,1H3. The van der Waals surface area contributed by atoms with Crippen LogP contribution in [0, 0.1) is 17.0 Å². The normalized spacial score (nSPS) is 10.2. The second kappa shape index (κ2) is 6.11. The van der Waals surface area contributed by atoms with Gasteiger partial charge in [-0.3, -0.25) is 10.1 Å². The molecule has 0 fully saturated rings. The fourth-order valence-electron chi connectivity index (χ4n) is 1.67. The number of nitro groups is 1. The molecule has 0 atom stereocenters. The molecule has 0 aromatic heterocycles. The van der Waals surface area contributed by atoms with Crippen molar-refractivity contribution in [1.29, 1.82) is 0 Å². The van der Waals surface area contributed by atoms with Gasteiger partial charge in [-0.15, -0.1) is 0 Å². The summed E-state index contributed by atoms with van der Waals surface area (Å²) in [5.41, 5.74) is 0.546. The molecule has 0 aliphatic carbocycles. The zero-order valence-electron chi connectivity index (χ0n) is 10.8. The van der Waals surface area contributed by atoms with Crippen molar-refractivity contribution in [3.63, 3.8) is 0 Å². The van der Waals surface area contributed by atoms with Gasteiger partial charge in [0.1, 0.15) is 5.75 Å². The molecule has 0 saturated carbocycles. The summed E-state index contributed by atoms with van der Waals surface area (Å²) in [4.78, 5) is 22.1. The number of aryl methyl sites for hydroxylation is 1. The number of hydrogen-bond donors (Lipinski definition) is 0. The molecule has 2 rings (SSSR count). The molecule has 0 N–H and O–H groups in total. The van der Waals surface area contributed by atoms with Crippen molar-refractivity contribution < 1.29 is 14.5 Å².